The minimum Gasteiger partial charge on any atom is -0.748 e. The van der Waals surface area contributed by atoms with Crippen molar-refractivity contribution < 1.29 is 65.6 Å². The van der Waals surface area contributed by atoms with Crippen LogP contribution in [-0.4, -0.2) is 79.6 Å². The fourth-order valence-corrected chi connectivity index (χ4v) is 1.80. The van der Waals surface area contributed by atoms with Crippen LogP contribution in [-0.2, 0) is 24.5 Å². The summed E-state index contributed by atoms with van der Waals surface area (Å²) in [5, 5.41) is 29.2. The topological polar surface area (TPSA) is 288 Å². The normalized spacial score (nSPS) is 11.8. The van der Waals surface area contributed by atoms with Crippen LogP contribution in [0.2, 0.25) is 0 Å². The van der Waals surface area contributed by atoms with E-state index in [2.05, 4.69) is 35.6 Å². The zero-order chi connectivity index (χ0) is 24.0. The molecule has 0 spiro atoms. The van der Waals surface area contributed by atoms with Crippen LogP contribution in [0.3, 0.4) is 0 Å². The number of carbonyl (C=O) groups excluding carboxylic acids is 3. The van der Waals surface area contributed by atoms with Gasteiger partial charge in [-0.25, -0.2) is 8.42 Å². The third-order valence-electron chi connectivity index (χ3n) is 2.33. The molecule has 12 N–H and O–H groups in total. The Hall–Kier alpha value is -1.14. The van der Waals surface area contributed by atoms with Gasteiger partial charge in [-0.05, 0) is 12.0 Å². The number of carboxylic acid groups (broad SMARTS) is 3. The highest BCUT2D eigenvalue weighted by molar-refractivity contribution is 7.98. The number of thiol groups is 1. The summed E-state index contributed by atoms with van der Waals surface area (Å²) in [6.07, 6.45) is 2.60. The SMILES string of the molecule is CSCCC([NH3+])C(=O)[O-].[NH3+]C(CS)C(=O)[O-].[NH3+]CCC(=O)[O-].[NH3+]CCS(=O)(=O)[O-]. The summed E-state index contributed by atoms with van der Waals surface area (Å²) >= 11 is 5.29. The van der Waals surface area contributed by atoms with Gasteiger partial charge in [0, 0.05) is 24.6 Å². The molecule has 13 nitrogen and oxygen atoms in total. The largest absolute Gasteiger partial charge is 0.748 e. The number of carboxylic acids is 3. The van der Waals surface area contributed by atoms with Gasteiger partial charge in [0.15, 0.2) is 0 Å². The maximum absolute atomic E-state index is 10.0. The van der Waals surface area contributed by atoms with Crippen molar-refractivity contribution in [3.05, 3.63) is 0 Å². The van der Waals surface area contributed by atoms with Crippen molar-refractivity contribution in [2.45, 2.75) is 24.9 Å². The van der Waals surface area contributed by atoms with E-state index in [0.29, 0.717) is 13.0 Å². The molecule has 0 amide bonds. The van der Waals surface area contributed by atoms with Gasteiger partial charge in [-0.2, -0.15) is 24.4 Å². The first-order valence-corrected chi connectivity index (χ1v) is 11.7. The molecule has 0 aliphatic carbocycles. The lowest BCUT2D eigenvalue weighted by molar-refractivity contribution is -0.437. The monoisotopic (exact) mass is 484 g/mol. The molecule has 0 rings (SSSR count). The molecule has 0 radical (unpaired) electrons. The van der Waals surface area contributed by atoms with Gasteiger partial charge >= 0.3 is 0 Å². The van der Waals surface area contributed by atoms with Crippen molar-refractivity contribution in [2.75, 3.05) is 36.6 Å². The van der Waals surface area contributed by atoms with Gasteiger partial charge in [-0.3, -0.25) is 0 Å². The Balaban J connectivity index is -0.000000145. The summed E-state index contributed by atoms with van der Waals surface area (Å²) in [6.45, 7) is 0.578. The molecule has 0 aliphatic rings. The highest BCUT2D eigenvalue weighted by atomic mass is 32.2. The molecule has 2 unspecified atom stereocenters. The molecule has 0 heterocycles. The molecule has 0 aliphatic heterocycles. The number of thioether (sulfide) groups is 1. The second kappa shape index (κ2) is 23.1. The van der Waals surface area contributed by atoms with Crippen LogP contribution in [0.1, 0.15) is 12.8 Å². The zero-order valence-corrected chi connectivity index (χ0v) is 18.9. The van der Waals surface area contributed by atoms with E-state index >= 15 is 0 Å². The van der Waals surface area contributed by atoms with Crippen LogP contribution >= 0.6 is 24.4 Å². The van der Waals surface area contributed by atoms with Crippen molar-refractivity contribution >= 4 is 52.4 Å². The van der Waals surface area contributed by atoms with E-state index < -0.39 is 40.1 Å². The lowest BCUT2D eigenvalue weighted by Crippen LogP contribution is -2.69. The summed E-state index contributed by atoms with van der Waals surface area (Å²) in [6, 6.07) is -1.22. The van der Waals surface area contributed by atoms with Crippen molar-refractivity contribution in [3.8, 4) is 0 Å². The Morgan fingerprint density at radius 1 is 1.00 bits per heavy atom. The van der Waals surface area contributed by atoms with E-state index in [9.17, 15) is 42.7 Å². The molecule has 176 valence electrons. The predicted molar refractivity (Wildman–Crippen MR) is 99.9 cm³/mol. The first-order chi connectivity index (χ1) is 13.2. The minimum atomic E-state index is -3.99. The highest BCUT2D eigenvalue weighted by Crippen LogP contribution is 1.95. The summed E-state index contributed by atoms with van der Waals surface area (Å²) in [7, 11) is -3.99. The van der Waals surface area contributed by atoms with Crippen LogP contribution in [0.15, 0.2) is 0 Å². The van der Waals surface area contributed by atoms with Crippen molar-refractivity contribution in [3.63, 3.8) is 0 Å². The fourth-order valence-electron chi connectivity index (χ4n) is 0.774. The van der Waals surface area contributed by atoms with Gasteiger partial charge in [0.2, 0.25) is 0 Å². The summed E-state index contributed by atoms with van der Waals surface area (Å²) in [4.78, 5) is 29.2. The average Bonchev–Trinajstić information content (AvgIpc) is 2.59. The number of quaternary nitrogens is 4. The van der Waals surface area contributed by atoms with Gasteiger partial charge in [0.1, 0.15) is 22.2 Å². The lowest BCUT2D eigenvalue weighted by atomic mass is 10.2. The first kappa shape index (κ1) is 35.3. The molecular weight excluding hydrogens is 452 g/mol. The van der Waals surface area contributed by atoms with Crippen molar-refractivity contribution in [1.29, 1.82) is 0 Å². The second-order valence-corrected chi connectivity index (χ2v) is 7.96. The molecule has 2 atom stereocenters. The predicted octanol–water partition coefficient (Wildman–Crippen LogP) is -9.48. The van der Waals surface area contributed by atoms with Crippen LogP contribution in [0.5, 0.6) is 0 Å². The van der Waals surface area contributed by atoms with Crippen LogP contribution in [0, 0.1) is 0 Å². The first-order valence-electron chi connectivity index (χ1n) is 8.09. The number of hydrogen-bond donors (Lipinski definition) is 5. The van der Waals surface area contributed by atoms with Gasteiger partial charge in [0.25, 0.3) is 0 Å². The zero-order valence-electron chi connectivity index (χ0n) is 16.4. The van der Waals surface area contributed by atoms with Gasteiger partial charge < -0.3 is 57.2 Å². The molecule has 16 heteroatoms. The van der Waals surface area contributed by atoms with Crippen LogP contribution in [0.25, 0.3) is 0 Å². The van der Waals surface area contributed by atoms with Crippen molar-refractivity contribution in [2.24, 2.45) is 0 Å². The van der Waals surface area contributed by atoms with Crippen molar-refractivity contribution in [1.82, 2.24) is 0 Å². The van der Waals surface area contributed by atoms with E-state index in [-0.39, 0.29) is 24.5 Å². The van der Waals surface area contributed by atoms with Crippen LogP contribution in [0.4, 0.5) is 0 Å². The van der Waals surface area contributed by atoms with E-state index in [1.807, 2.05) is 6.26 Å². The van der Waals surface area contributed by atoms with Gasteiger partial charge in [-0.15, -0.1) is 0 Å². The molecule has 0 aromatic rings. The maximum atomic E-state index is 10.0. The number of carbonyl (C=O) groups is 3. The minimum absolute atomic E-state index is 0.0694. The fraction of sp³-hybridized carbons (Fsp3) is 0.769. The summed E-state index contributed by atoms with van der Waals surface area (Å²) in [5.74, 6) is -2.50. The molecule has 0 bridgehead atoms. The van der Waals surface area contributed by atoms with E-state index in [0.717, 1.165) is 5.75 Å². The van der Waals surface area contributed by atoms with Crippen LogP contribution < -0.4 is 38.3 Å². The van der Waals surface area contributed by atoms with E-state index in [1.54, 1.807) is 11.8 Å². The Labute approximate surface area is 179 Å². The third-order valence-corrected chi connectivity index (χ3v) is 4.21. The summed E-state index contributed by atoms with van der Waals surface area (Å²) < 4.78 is 28.9. The standard InChI is InChI=1S/C5H11NO2S.C3H7NO2S.C3H7NO2.C2H7NO3S/c1-9-3-2-4(6)5(7)8;4-2(1-7)3(5)6;4-2-1-3(5)6;3-1-2-7(4,5)6/h4H,2-3,6H2,1H3,(H,7,8);2,7H,1,4H2,(H,5,6);1-2,4H2,(H,5,6);1-3H2,(H,4,5,6). The lowest BCUT2D eigenvalue weighted by Gasteiger charge is -2.06. The molecule has 0 fully saturated rings. The van der Waals surface area contributed by atoms with E-state index in [1.165, 1.54) is 0 Å². The van der Waals surface area contributed by atoms with E-state index in [4.69, 9.17) is 0 Å². The van der Waals surface area contributed by atoms with Gasteiger partial charge in [0.05, 0.1) is 30.8 Å². The molecule has 0 aromatic heterocycles. The number of aliphatic carboxylic acids is 3. The Morgan fingerprint density at radius 2 is 1.45 bits per heavy atom. The number of hydrogen-bond acceptors (Lipinski definition) is 11. The smallest absolute Gasteiger partial charge is 0.133 e. The molecule has 0 saturated carbocycles. The highest BCUT2D eigenvalue weighted by Gasteiger charge is 2.04. The Morgan fingerprint density at radius 3 is 1.55 bits per heavy atom. The Kier molecular flexibility index (Phi) is 28.2. The van der Waals surface area contributed by atoms with Gasteiger partial charge in [-0.1, -0.05) is 0 Å². The second-order valence-electron chi connectivity index (χ2n) is 5.09. The number of rotatable bonds is 10. The molecule has 0 aromatic carbocycles. The molecule has 0 saturated heterocycles. The Bertz CT molecular complexity index is 536. The summed E-state index contributed by atoms with van der Waals surface area (Å²) in [5.41, 5.74) is 13.1. The molecular formula is C13H32N4O9S3. The third kappa shape index (κ3) is 42.1. The quantitative estimate of drug-likeness (QED) is 0.144. The molecule has 29 heavy (non-hydrogen) atoms. The maximum Gasteiger partial charge on any atom is 0.133 e. The average molecular weight is 485 g/mol.